The molecule has 1 heterocycles. The van der Waals surface area contributed by atoms with Gasteiger partial charge in [-0.05, 0) is 68.0 Å². The average Bonchev–Trinajstić information content (AvgIpc) is 3.21. The molecule has 34 heavy (non-hydrogen) atoms. The van der Waals surface area contributed by atoms with Crippen molar-refractivity contribution in [1.82, 2.24) is 10.3 Å². The lowest BCUT2D eigenvalue weighted by Crippen LogP contribution is -2.20. The van der Waals surface area contributed by atoms with Gasteiger partial charge in [0.25, 0.3) is 0 Å². The Hall–Kier alpha value is -3.57. The minimum Gasteiger partial charge on any atom is -0.372 e. The van der Waals surface area contributed by atoms with Crippen LogP contribution in [0.4, 0.5) is 10.8 Å². The molecule has 3 N–H and O–H groups in total. The second-order valence-corrected chi connectivity index (χ2v) is 9.73. The molecular formula is C29H32N4S. The standard InChI is InChI=1S/C29H32N4S/c1-19-16-20(2)28(21(3)17-19)31-22(4)25-13-14-26-27(18-25)34-29(33-26)32-23(5)30-15-9-12-24-10-7-6-8-11-24/h6-8,10-11,13-14,16-18,30-31H,4-5,9,12,15H2,1-3H3,(H,32,33). The Bertz CT molecular complexity index is 1300. The molecule has 0 saturated carbocycles. The van der Waals surface area contributed by atoms with Crippen LogP contribution in [-0.4, -0.2) is 11.5 Å². The molecule has 5 heteroatoms. The molecule has 0 bridgehead atoms. The van der Waals surface area contributed by atoms with E-state index in [1.54, 1.807) is 11.3 Å². The van der Waals surface area contributed by atoms with Gasteiger partial charge in [0, 0.05) is 17.9 Å². The molecule has 0 fully saturated rings. The smallest absolute Gasteiger partial charge is 0.189 e. The van der Waals surface area contributed by atoms with Crippen LogP contribution in [0.1, 0.15) is 34.2 Å². The number of nitrogens with zero attached hydrogens (tertiary/aromatic N) is 1. The highest BCUT2D eigenvalue weighted by Crippen LogP contribution is 2.31. The molecule has 0 unspecified atom stereocenters. The van der Waals surface area contributed by atoms with Gasteiger partial charge >= 0.3 is 0 Å². The summed E-state index contributed by atoms with van der Waals surface area (Å²) >= 11 is 1.62. The van der Waals surface area contributed by atoms with Crippen LogP contribution in [0.5, 0.6) is 0 Å². The minimum atomic E-state index is 0.767. The van der Waals surface area contributed by atoms with Crippen molar-refractivity contribution in [3.63, 3.8) is 0 Å². The van der Waals surface area contributed by atoms with E-state index in [0.717, 1.165) is 57.5 Å². The molecule has 0 aliphatic carbocycles. The van der Waals surface area contributed by atoms with E-state index in [1.165, 1.54) is 22.3 Å². The fourth-order valence-electron chi connectivity index (χ4n) is 4.12. The number of aromatic nitrogens is 1. The Morgan fingerprint density at radius 1 is 0.912 bits per heavy atom. The van der Waals surface area contributed by atoms with Crippen LogP contribution in [0.15, 0.2) is 79.6 Å². The number of fused-ring (bicyclic) bond motifs is 1. The third-order valence-electron chi connectivity index (χ3n) is 5.77. The summed E-state index contributed by atoms with van der Waals surface area (Å²) < 4.78 is 1.11. The lowest BCUT2D eigenvalue weighted by atomic mass is 10.0. The second kappa shape index (κ2) is 10.6. The van der Waals surface area contributed by atoms with Gasteiger partial charge in [0.05, 0.1) is 16.0 Å². The van der Waals surface area contributed by atoms with Gasteiger partial charge in [-0.15, -0.1) is 0 Å². The van der Waals surface area contributed by atoms with Crippen molar-refractivity contribution in [2.75, 3.05) is 17.2 Å². The van der Waals surface area contributed by atoms with Gasteiger partial charge in [0.2, 0.25) is 0 Å². The fourth-order valence-corrected chi connectivity index (χ4v) is 5.05. The summed E-state index contributed by atoms with van der Waals surface area (Å²) in [5.74, 6) is 0.767. The summed E-state index contributed by atoms with van der Waals surface area (Å²) in [5.41, 5.74) is 9.08. The van der Waals surface area contributed by atoms with E-state index in [-0.39, 0.29) is 0 Å². The number of hydrogen-bond donors (Lipinski definition) is 3. The molecule has 0 aliphatic heterocycles. The molecule has 3 aromatic carbocycles. The maximum absolute atomic E-state index is 4.71. The Morgan fingerprint density at radius 3 is 2.38 bits per heavy atom. The average molecular weight is 469 g/mol. The van der Waals surface area contributed by atoms with Crippen molar-refractivity contribution in [2.24, 2.45) is 0 Å². The fraction of sp³-hybridized carbons (Fsp3) is 0.207. The highest BCUT2D eigenvalue weighted by atomic mass is 32.1. The van der Waals surface area contributed by atoms with Gasteiger partial charge in [0.1, 0.15) is 0 Å². The van der Waals surface area contributed by atoms with E-state index in [0.29, 0.717) is 0 Å². The second-order valence-electron chi connectivity index (χ2n) is 8.70. The van der Waals surface area contributed by atoms with Crippen molar-refractivity contribution in [3.8, 4) is 0 Å². The highest BCUT2D eigenvalue weighted by Gasteiger charge is 2.10. The number of benzene rings is 3. The van der Waals surface area contributed by atoms with Gasteiger partial charge < -0.3 is 16.0 Å². The Balaban J connectivity index is 1.35. The minimum absolute atomic E-state index is 0.767. The first-order valence-electron chi connectivity index (χ1n) is 11.6. The lowest BCUT2D eigenvalue weighted by Gasteiger charge is -2.16. The number of hydrogen-bond acceptors (Lipinski definition) is 5. The van der Waals surface area contributed by atoms with Crippen molar-refractivity contribution < 1.29 is 0 Å². The molecule has 1 aromatic heterocycles. The number of anilines is 2. The highest BCUT2D eigenvalue weighted by molar-refractivity contribution is 7.22. The molecule has 0 atom stereocenters. The summed E-state index contributed by atoms with van der Waals surface area (Å²) in [6, 6.07) is 21.2. The predicted octanol–water partition coefficient (Wildman–Crippen LogP) is 7.41. The first kappa shape index (κ1) is 23.6. The summed E-state index contributed by atoms with van der Waals surface area (Å²) in [6.45, 7) is 15.6. The molecule has 4 nitrogen and oxygen atoms in total. The van der Waals surface area contributed by atoms with Crippen molar-refractivity contribution in [3.05, 3.63) is 107 Å². The summed E-state index contributed by atoms with van der Waals surface area (Å²) in [7, 11) is 0. The van der Waals surface area contributed by atoms with Crippen LogP contribution >= 0.6 is 11.3 Å². The first-order valence-corrected chi connectivity index (χ1v) is 12.4. The zero-order valence-corrected chi connectivity index (χ0v) is 21.0. The number of rotatable bonds is 10. The normalized spacial score (nSPS) is 10.8. The predicted molar refractivity (Wildman–Crippen MR) is 148 cm³/mol. The van der Waals surface area contributed by atoms with E-state index >= 15 is 0 Å². The zero-order valence-electron chi connectivity index (χ0n) is 20.2. The number of thiazole rings is 1. The largest absolute Gasteiger partial charge is 0.372 e. The van der Waals surface area contributed by atoms with Crippen LogP contribution in [-0.2, 0) is 6.42 Å². The van der Waals surface area contributed by atoms with Crippen molar-refractivity contribution in [1.29, 1.82) is 0 Å². The third-order valence-corrected chi connectivity index (χ3v) is 6.70. The van der Waals surface area contributed by atoms with Gasteiger partial charge in [-0.25, -0.2) is 4.98 Å². The molecule has 0 saturated heterocycles. The van der Waals surface area contributed by atoms with Gasteiger partial charge in [-0.3, -0.25) is 0 Å². The SMILES string of the molecule is C=C(NCCCc1ccccc1)Nc1nc2ccc(C(=C)Nc3c(C)cc(C)cc3C)cc2s1. The Morgan fingerprint density at radius 2 is 1.65 bits per heavy atom. The number of nitrogens with one attached hydrogen (secondary N) is 3. The van der Waals surface area contributed by atoms with Crippen LogP contribution in [0.2, 0.25) is 0 Å². The van der Waals surface area contributed by atoms with E-state index in [9.17, 15) is 0 Å². The maximum Gasteiger partial charge on any atom is 0.189 e. The van der Waals surface area contributed by atoms with E-state index in [4.69, 9.17) is 4.98 Å². The monoisotopic (exact) mass is 468 g/mol. The topological polar surface area (TPSA) is 49.0 Å². The quantitative estimate of drug-likeness (QED) is 0.212. The van der Waals surface area contributed by atoms with E-state index in [2.05, 4.69) is 98.4 Å². The molecule has 4 rings (SSSR count). The Kier molecular flexibility index (Phi) is 7.33. The lowest BCUT2D eigenvalue weighted by molar-refractivity contribution is 0.728. The summed E-state index contributed by atoms with van der Waals surface area (Å²) in [4.78, 5) is 4.71. The maximum atomic E-state index is 4.71. The molecule has 0 radical (unpaired) electrons. The molecule has 4 aromatic rings. The van der Waals surface area contributed by atoms with Crippen LogP contribution in [0.3, 0.4) is 0 Å². The van der Waals surface area contributed by atoms with Crippen LogP contribution < -0.4 is 16.0 Å². The summed E-state index contributed by atoms with van der Waals surface area (Å²) in [6.07, 6.45) is 2.09. The van der Waals surface area contributed by atoms with E-state index in [1.807, 2.05) is 12.1 Å². The van der Waals surface area contributed by atoms with Gasteiger partial charge in [-0.1, -0.05) is 78.6 Å². The Labute approximate surface area is 206 Å². The van der Waals surface area contributed by atoms with Crippen LogP contribution in [0, 0.1) is 20.8 Å². The molecular weight excluding hydrogens is 436 g/mol. The molecule has 0 aliphatic rings. The number of aryl methyl sites for hydroxylation is 4. The molecule has 0 amide bonds. The van der Waals surface area contributed by atoms with Gasteiger partial charge in [-0.2, -0.15) is 0 Å². The zero-order chi connectivity index (χ0) is 24.1. The van der Waals surface area contributed by atoms with Crippen molar-refractivity contribution in [2.45, 2.75) is 33.6 Å². The van der Waals surface area contributed by atoms with E-state index < -0.39 is 0 Å². The summed E-state index contributed by atoms with van der Waals surface area (Å²) in [5, 5.41) is 11.0. The van der Waals surface area contributed by atoms with Crippen molar-refractivity contribution >= 4 is 38.1 Å². The third kappa shape index (κ3) is 5.86. The van der Waals surface area contributed by atoms with Crippen LogP contribution in [0.25, 0.3) is 15.9 Å². The first-order chi connectivity index (χ1) is 16.4. The molecule has 174 valence electrons. The van der Waals surface area contributed by atoms with Gasteiger partial charge in [0.15, 0.2) is 5.13 Å². The molecule has 0 spiro atoms.